The first kappa shape index (κ1) is 19.2. The first-order valence-electron chi connectivity index (χ1n) is 9.09. The maximum absolute atomic E-state index is 12.4. The van der Waals surface area contributed by atoms with E-state index in [9.17, 15) is 9.59 Å². The Kier molecular flexibility index (Phi) is 5.42. The largest absolute Gasteiger partial charge is 0.493 e. The average Bonchev–Trinajstić information content (AvgIpc) is 2.77. The van der Waals surface area contributed by atoms with E-state index >= 15 is 0 Å². The van der Waals surface area contributed by atoms with Crippen LogP contribution in [0.25, 0.3) is 0 Å². The van der Waals surface area contributed by atoms with Crippen LogP contribution in [0.4, 0.5) is 11.5 Å². The Morgan fingerprint density at radius 1 is 1.13 bits per heavy atom. The fraction of sp³-hybridized carbons (Fsp3) is 0.143. The third-order valence-corrected chi connectivity index (χ3v) is 4.26. The van der Waals surface area contributed by atoms with Crippen molar-refractivity contribution in [3.63, 3.8) is 0 Å². The number of fused-ring (bicyclic) bond motifs is 1. The molecule has 0 aliphatic carbocycles. The fourth-order valence-electron chi connectivity index (χ4n) is 2.87. The quantitative estimate of drug-likeness (QED) is 0.671. The number of rotatable bonds is 6. The number of anilines is 2. The van der Waals surface area contributed by atoms with E-state index in [4.69, 9.17) is 14.2 Å². The lowest BCUT2D eigenvalue weighted by Crippen LogP contribution is -2.43. The summed E-state index contributed by atoms with van der Waals surface area (Å²) in [5.41, 5.74) is 0.467. The molecule has 3 aromatic rings. The van der Waals surface area contributed by atoms with Gasteiger partial charge in [-0.3, -0.25) is 14.5 Å². The number of aromatic nitrogens is 2. The fourth-order valence-corrected chi connectivity index (χ4v) is 2.87. The third-order valence-electron chi connectivity index (χ3n) is 4.26. The smallest absolute Gasteiger partial charge is 0.266 e. The van der Waals surface area contributed by atoms with Crippen molar-refractivity contribution in [2.45, 2.75) is 0 Å². The highest BCUT2D eigenvalue weighted by molar-refractivity contribution is 6.04. The molecule has 0 fully saturated rings. The van der Waals surface area contributed by atoms with Gasteiger partial charge in [0.15, 0.2) is 29.7 Å². The van der Waals surface area contributed by atoms with E-state index in [1.807, 2.05) is 12.1 Å². The number of para-hydroxylation sites is 2. The molecular weight excluding hydrogens is 388 g/mol. The molecule has 0 atom stereocenters. The van der Waals surface area contributed by atoms with Crippen molar-refractivity contribution in [1.29, 1.82) is 0 Å². The van der Waals surface area contributed by atoms with Gasteiger partial charge in [-0.2, -0.15) is 0 Å². The highest BCUT2D eigenvalue weighted by Gasteiger charge is 2.28. The molecule has 1 N–H and O–H groups in total. The van der Waals surface area contributed by atoms with Gasteiger partial charge in [0.05, 0.1) is 19.0 Å². The van der Waals surface area contributed by atoms with E-state index in [1.54, 1.807) is 43.5 Å². The molecule has 1 aromatic carbocycles. The Balaban J connectivity index is 1.40. The average molecular weight is 406 g/mol. The molecular formula is C21H18N4O5. The van der Waals surface area contributed by atoms with Crippen molar-refractivity contribution in [2.24, 2.45) is 0 Å². The molecule has 2 aromatic heterocycles. The molecule has 0 radical (unpaired) electrons. The lowest BCUT2D eigenvalue weighted by Gasteiger charge is -2.27. The van der Waals surface area contributed by atoms with Crippen molar-refractivity contribution in [3.05, 3.63) is 60.9 Å². The molecule has 1 aliphatic heterocycles. The molecule has 2 amide bonds. The molecule has 0 spiro atoms. The second-order valence-electron chi connectivity index (χ2n) is 6.28. The van der Waals surface area contributed by atoms with E-state index in [0.717, 1.165) is 0 Å². The van der Waals surface area contributed by atoms with Crippen LogP contribution in [0, 0.1) is 0 Å². The number of pyridine rings is 2. The topological polar surface area (TPSA) is 103 Å². The lowest BCUT2D eigenvalue weighted by molar-refractivity contribution is -0.123. The zero-order valence-electron chi connectivity index (χ0n) is 16.1. The molecule has 1 aliphatic rings. The van der Waals surface area contributed by atoms with Gasteiger partial charge in [-0.05, 0) is 30.3 Å². The second kappa shape index (κ2) is 8.48. The SMILES string of the molecule is COc1ccccc1Oc1ccc(NC(=O)CN2C(=O)COc3cccnc32)cn1. The minimum atomic E-state index is -0.387. The molecule has 9 heteroatoms. The van der Waals surface area contributed by atoms with E-state index in [-0.39, 0.29) is 25.0 Å². The summed E-state index contributed by atoms with van der Waals surface area (Å²) in [5, 5.41) is 2.71. The number of carbonyl (C=O) groups is 2. The Labute approximate surface area is 172 Å². The van der Waals surface area contributed by atoms with Gasteiger partial charge in [-0.1, -0.05) is 12.1 Å². The number of hydrogen-bond donors (Lipinski definition) is 1. The van der Waals surface area contributed by atoms with E-state index in [2.05, 4.69) is 15.3 Å². The number of methoxy groups -OCH3 is 1. The van der Waals surface area contributed by atoms with Crippen LogP contribution in [0.15, 0.2) is 60.9 Å². The third kappa shape index (κ3) is 4.14. The minimum Gasteiger partial charge on any atom is -0.493 e. The van der Waals surface area contributed by atoms with E-state index in [0.29, 0.717) is 34.6 Å². The summed E-state index contributed by atoms with van der Waals surface area (Å²) in [5.74, 6) is 1.52. The van der Waals surface area contributed by atoms with Crippen LogP contribution in [0.2, 0.25) is 0 Å². The summed E-state index contributed by atoms with van der Waals surface area (Å²) in [6, 6.07) is 13.9. The molecule has 0 unspecified atom stereocenters. The van der Waals surface area contributed by atoms with Crippen molar-refractivity contribution in [3.8, 4) is 23.1 Å². The molecule has 152 valence electrons. The Morgan fingerprint density at radius 2 is 1.97 bits per heavy atom. The first-order valence-corrected chi connectivity index (χ1v) is 9.09. The van der Waals surface area contributed by atoms with Gasteiger partial charge in [0.1, 0.15) is 6.54 Å². The van der Waals surface area contributed by atoms with Crippen LogP contribution in [0.5, 0.6) is 23.1 Å². The minimum absolute atomic E-state index is 0.136. The zero-order chi connectivity index (χ0) is 20.9. The number of nitrogens with one attached hydrogen (secondary N) is 1. The van der Waals surface area contributed by atoms with Crippen LogP contribution in [0.1, 0.15) is 0 Å². The second-order valence-corrected chi connectivity index (χ2v) is 6.28. The van der Waals surface area contributed by atoms with Crippen LogP contribution in [0.3, 0.4) is 0 Å². The Hall–Kier alpha value is -4.14. The number of nitrogens with zero attached hydrogens (tertiary/aromatic N) is 3. The summed E-state index contributed by atoms with van der Waals surface area (Å²) < 4.78 is 16.3. The summed E-state index contributed by atoms with van der Waals surface area (Å²) in [4.78, 5) is 34.2. The molecule has 3 heterocycles. The number of carbonyl (C=O) groups excluding carboxylic acids is 2. The maximum atomic E-state index is 12.4. The van der Waals surface area contributed by atoms with Crippen LogP contribution in [-0.2, 0) is 9.59 Å². The molecule has 0 saturated carbocycles. The van der Waals surface area contributed by atoms with Crippen molar-refractivity contribution < 1.29 is 23.8 Å². The molecule has 30 heavy (non-hydrogen) atoms. The summed E-state index contributed by atoms with van der Waals surface area (Å²) >= 11 is 0. The number of amides is 2. The van der Waals surface area contributed by atoms with E-state index in [1.165, 1.54) is 17.3 Å². The Bertz CT molecular complexity index is 1070. The number of benzene rings is 1. The predicted octanol–water partition coefficient (Wildman–Crippen LogP) is 2.64. The predicted molar refractivity (Wildman–Crippen MR) is 108 cm³/mol. The lowest BCUT2D eigenvalue weighted by atomic mass is 10.3. The van der Waals surface area contributed by atoms with Gasteiger partial charge in [-0.15, -0.1) is 0 Å². The van der Waals surface area contributed by atoms with Gasteiger partial charge >= 0.3 is 0 Å². The van der Waals surface area contributed by atoms with Crippen LogP contribution < -0.4 is 24.4 Å². The Morgan fingerprint density at radius 3 is 2.73 bits per heavy atom. The zero-order valence-corrected chi connectivity index (χ0v) is 16.1. The number of hydrogen-bond acceptors (Lipinski definition) is 7. The highest BCUT2D eigenvalue weighted by atomic mass is 16.5. The molecule has 0 saturated heterocycles. The van der Waals surface area contributed by atoms with Crippen LogP contribution in [-0.4, -0.2) is 42.0 Å². The van der Waals surface area contributed by atoms with Crippen molar-refractivity contribution in [2.75, 3.05) is 30.5 Å². The summed E-state index contributed by atoms with van der Waals surface area (Å²) in [6.45, 7) is -0.325. The standard InChI is InChI=1S/C21H18N4O5/c1-28-15-5-2-3-6-16(15)30-19-9-8-14(11-23-19)24-18(26)12-25-20(27)13-29-17-7-4-10-22-21(17)25/h2-11H,12-13H2,1H3,(H,24,26). The molecule has 4 rings (SSSR count). The maximum Gasteiger partial charge on any atom is 0.266 e. The first-order chi connectivity index (χ1) is 14.6. The molecule has 0 bridgehead atoms. The van der Waals surface area contributed by atoms with Gasteiger partial charge in [0.2, 0.25) is 11.8 Å². The monoisotopic (exact) mass is 406 g/mol. The normalized spacial score (nSPS) is 12.6. The van der Waals surface area contributed by atoms with Crippen molar-refractivity contribution in [1.82, 2.24) is 9.97 Å². The number of ether oxygens (including phenoxy) is 3. The van der Waals surface area contributed by atoms with E-state index < -0.39 is 0 Å². The molecule has 9 nitrogen and oxygen atoms in total. The summed E-state index contributed by atoms with van der Waals surface area (Å²) in [7, 11) is 1.56. The van der Waals surface area contributed by atoms with Gasteiger partial charge in [0, 0.05) is 12.3 Å². The van der Waals surface area contributed by atoms with Gasteiger partial charge < -0.3 is 19.5 Å². The van der Waals surface area contributed by atoms with Crippen LogP contribution >= 0.6 is 0 Å². The van der Waals surface area contributed by atoms with Gasteiger partial charge in [0.25, 0.3) is 5.91 Å². The van der Waals surface area contributed by atoms with Crippen molar-refractivity contribution >= 4 is 23.3 Å². The highest BCUT2D eigenvalue weighted by Crippen LogP contribution is 2.30. The summed E-state index contributed by atoms with van der Waals surface area (Å²) in [6.07, 6.45) is 3.01. The van der Waals surface area contributed by atoms with Gasteiger partial charge in [-0.25, -0.2) is 9.97 Å².